The molecule has 4 rings (SSSR count). The van der Waals surface area contributed by atoms with E-state index in [4.69, 9.17) is 16.3 Å². The van der Waals surface area contributed by atoms with Crippen LogP contribution < -0.4 is 21.4 Å². The lowest BCUT2D eigenvalue weighted by Gasteiger charge is -2.16. The van der Waals surface area contributed by atoms with E-state index in [1.165, 1.54) is 16.2 Å². The van der Waals surface area contributed by atoms with Gasteiger partial charge in [0.2, 0.25) is 5.95 Å². The van der Waals surface area contributed by atoms with E-state index < -0.39 is 17.4 Å². The molecule has 0 saturated heterocycles. The first-order valence-corrected chi connectivity index (χ1v) is 10.8. The summed E-state index contributed by atoms with van der Waals surface area (Å²) in [5, 5.41) is 15.5. The molecule has 0 aliphatic rings. The van der Waals surface area contributed by atoms with Crippen LogP contribution in [0.15, 0.2) is 63.2 Å². The van der Waals surface area contributed by atoms with Crippen LogP contribution in [0.1, 0.15) is 11.1 Å². The molecule has 2 aromatic heterocycles. The lowest BCUT2D eigenvalue weighted by molar-refractivity contribution is 0.0935. The van der Waals surface area contributed by atoms with Crippen molar-refractivity contribution < 1.29 is 9.84 Å². The molecule has 3 N–H and O–H groups in total. The molecule has 2 aromatic carbocycles. The third-order valence-electron chi connectivity index (χ3n) is 5.17. The normalized spacial score (nSPS) is 12.4. The lowest BCUT2D eigenvalue weighted by Crippen LogP contribution is -2.30. The van der Waals surface area contributed by atoms with Gasteiger partial charge in [-0.1, -0.05) is 41.9 Å². The number of aliphatic hydroxyl groups excluding tert-OH is 1. The summed E-state index contributed by atoms with van der Waals surface area (Å²) in [6, 6.07) is 14.5. The number of hydrazone groups is 1. The number of aromatic amines is 1. The molecule has 0 spiro atoms. The van der Waals surface area contributed by atoms with E-state index in [2.05, 4.69) is 20.5 Å². The Morgan fingerprint density at radius 3 is 2.71 bits per heavy atom. The van der Waals surface area contributed by atoms with Gasteiger partial charge in [0.25, 0.3) is 5.56 Å². The quantitative estimate of drug-likeness (QED) is 0.261. The zero-order valence-electron chi connectivity index (χ0n) is 18.5. The molecule has 0 radical (unpaired) electrons. The highest BCUT2D eigenvalue weighted by Gasteiger charge is 2.20. The highest BCUT2D eigenvalue weighted by molar-refractivity contribution is 6.30. The van der Waals surface area contributed by atoms with Crippen LogP contribution >= 0.6 is 11.6 Å². The number of rotatable bonds is 8. The predicted molar refractivity (Wildman–Crippen MR) is 131 cm³/mol. The standard InChI is InChI=1S/C23H23ClN6O4/c1-14-5-3-4-6-18(14)34-13-17(31)12-30-19-20(29(2)23(33)27-21(19)32)26-22(30)28-25-11-15-7-9-16(24)10-8-15/h3-11,17,31H,12-13H2,1-2H3,(H,26,28)(H,27,32,33)/b25-11-/t17-/m1/s1. The Kier molecular flexibility index (Phi) is 6.80. The fourth-order valence-corrected chi connectivity index (χ4v) is 3.50. The molecule has 11 heteroatoms. The van der Waals surface area contributed by atoms with Crippen molar-refractivity contribution in [1.82, 2.24) is 19.1 Å². The summed E-state index contributed by atoms with van der Waals surface area (Å²) in [5.41, 5.74) is 3.59. The molecule has 176 valence electrons. The van der Waals surface area contributed by atoms with Crippen molar-refractivity contribution >= 4 is 34.9 Å². The molecule has 0 amide bonds. The van der Waals surface area contributed by atoms with Crippen LogP contribution in [0.5, 0.6) is 5.75 Å². The molecule has 34 heavy (non-hydrogen) atoms. The number of anilines is 1. The van der Waals surface area contributed by atoms with E-state index in [9.17, 15) is 14.7 Å². The Morgan fingerprint density at radius 2 is 1.97 bits per heavy atom. The summed E-state index contributed by atoms with van der Waals surface area (Å²) in [5.74, 6) is 0.838. The number of hydrogen-bond donors (Lipinski definition) is 3. The highest BCUT2D eigenvalue weighted by atomic mass is 35.5. The van der Waals surface area contributed by atoms with Gasteiger partial charge in [-0.25, -0.2) is 10.2 Å². The number of H-pyrrole nitrogens is 1. The molecule has 0 unspecified atom stereocenters. The minimum atomic E-state index is -0.977. The van der Waals surface area contributed by atoms with Crippen LogP contribution in [-0.4, -0.2) is 43.1 Å². The second-order valence-corrected chi connectivity index (χ2v) is 8.12. The van der Waals surface area contributed by atoms with Gasteiger partial charge in [-0.2, -0.15) is 10.1 Å². The second kappa shape index (κ2) is 9.94. The first-order valence-electron chi connectivity index (χ1n) is 10.4. The number of benzene rings is 2. The van der Waals surface area contributed by atoms with Crippen molar-refractivity contribution in [2.75, 3.05) is 12.0 Å². The van der Waals surface area contributed by atoms with Gasteiger partial charge in [-0.3, -0.25) is 14.3 Å². The number of imidazole rings is 1. The number of aryl methyl sites for hydroxylation is 2. The van der Waals surface area contributed by atoms with E-state index >= 15 is 0 Å². The molecule has 10 nitrogen and oxygen atoms in total. The zero-order valence-corrected chi connectivity index (χ0v) is 19.3. The number of ether oxygens (including phenoxy) is 1. The maximum Gasteiger partial charge on any atom is 0.329 e. The molecule has 2 heterocycles. The van der Waals surface area contributed by atoms with Crippen LogP contribution in [0.4, 0.5) is 5.95 Å². The van der Waals surface area contributed by atoms with Gasteiger partial charge in [-0.05, 0) is 36.2 Å². The minimum Gasteiger partial charge on any atom is -0.491 e. The van der Waals surface area contributed by atoms with E-state index in [0.717, 1.165) is 11.1 Å². The smallest absolute Gasteiger partial charge is 0.329 e. The fraction of sp³-hybridized carbons (Fsp3) is 0.217. The Hall–Kier alpha value is -3.89. The summed E-state index contributed by atoms with van der Waals surface area (Å²) in [7, 11) is 1.50. The number of aliphatic hydroxyl groups is 1. The number of halogens is 1. The maximum atomic E-state index is 12.6. The van der Waals surface area contributed by atoms with Gasteiger partial charge in [0, 0.05) is 12.1 Å². The van der Waals surface area contributed by atoms with Crippen molar-refractivity contribution in [3.8, 4) is 5.75 Å². The molecular weight excluding hydrogens is 460 g/mol. The lowest BCUT2D eigenvalue weighted by atomic mass is 10.2. The predicted octanol–water partition coefficient (Wildman–Crippen LogP) is 2.27. The summed E-state index contributed by atoms with van der Waals surface area (Å²) in [6.45, 7) is 1.87. The molecule has 4 aromatic rings. The van der Waals surface area contributed by atoms with Crippen molar-refractivity contribution in [2.45, 2.75) is 19.6 Å². The minimum absolute atomic E-state index is 0.0122. The summed E-state index contributed by atoms with van der Waals surface area (Å²) < 4.78 is 8.43. The van der Waals surface area contributed by atoms with Gasteiger partial charge in [-0.15, -0.1) is 0 Å². The number of hydrogen-bond acceptors (Lipinski definition) is 7. The molecule has 0 aliphatic carbocycles. The largest absolute Gasteiger partial charge is 0.491 e. The SMILES string of the molecule is Cc1ccccc1OC[C@H](O)Cn1c(N/N=C\c2ccc(Cl)cc2)nc2c1c(=O)[nH]c(=O)n2C. The van der Waals surface area contributed by atoms with Crippen LogP contribution in [0, 0.1) is 6.92 Å². The van der Waals surface area contributed by atoms with E-state index in [1.54, 1.807) is 30.5 Å². The van der Waals surface area contributed by atoms with E-state index in [-0.39, 0.29) is 30.3 Å². The fourth-order valence-electron chi connectivity index (χ4n) is 3.38. The van der Waals surface area contributed by atoms with Gasteiger partial charge in [0.1, 0.15) is 18.5 Å². The van der Waals surface area contributed by atoms with E-state index in [0.29, 0.717) is 10.8 Å². The van der Waals surface area contributed by atoms with Gasteiger partial charge in [0.15, 0.2) is 11.2 Å². The number of nitrogens with zero attached hydrogens (tertiary/aromatic N) is 4. The maximum absolute atomic E-state index is 12.6. The van der Waals surface area contributed by atoms with Crippen molar-refractivity contribution in [3.05, 3.63) is 85.5 Å². The Bertz CT molecular complexity index is 1460. The van der Waals surface area contributed by atoms with Crippen LogP contribution in [0.2, 0.25) is 5.02 Å². The third-order valence-corrected chi connectivity index (χ3v) is 5.43. The third kappa shape index (κ3) is 5.03. The molecule has 0 bridgehead atoms. The monoisotopic (exact) mass is 482 g/mol. The summed E-state index contributed by atoms with van der Waals surface area (Å²) >= 11 is 5.90. The van der Waals surface area contributed by atoms with Gasteiger partial charge >= 0.3 is 5.69 Å². The zero-order chi connectivity index (χ0) is 24.2. The number of nitrogens with one attached hydrogen (secondary N) is 2. The van der Waals surface area contributed by atoms with Crippen LogP contribution in [-0.2, 0) is 13.6 Å². The van der Waals surface area contributed by atoms with Crippen molar-refractivity contribution in [1.29, 1.82) is 0 Å². The average molecular weight is 483 g/mol. The number of fused-ring (bicyclic) bond motifs is 1. The van der Waals surface area contributed by atoms with Crippen LogP contribution in [0.25, 0.3) is 11.2 Å². The molecular formula is C23H23ClN6O4. The number of para-hydroxylation sites is 1. The Morgan fingerprint density at radius 1 is 1.24 bits per heavy atom. The first kappa shape index (κ1) is 23.3. The first-order chi connectivity index (χ1) is 16.3. The number of aromatic nitrogens is 4. The highest BCUT2D eigenvalue weighted by Crippen LogP contribution is 2.19. The molecule has 0 saturated carbocycles. The van der Waals surface area contributed by atoms with Crippen molar-refractivity contribution in [3.63, 3.8) is 0 Å². The van der Waals surface area contributed by atoms with Crippen LogP contribution in [0.3, 0.4) is 0 Å². The average Bonchev–Trinajstić information content (AvgIpc) is 3.17. The van der Waals surface area contributed by atoms with E-state index in [1.807, 2.05) is 31.2 Å². The van der Waals surface area contributed by atoms with Crippen molar-refractivity contribution in [2.24, 2.45) is 12.1 Å². The Labute approximate surface area is 199 Å². The summed E-state index contributed by atoms with van der Waals surface area (Å²) in [4.78, 5) is 31.3. The molecule has 1 atom stereocenters. The topological polar surface area (TPSA) is 127 Å². The van der Waals surface area contributed by atoms with Gasteiger partial charge < -0.3 is 14.4 Å². The molecule has 0 fully saturated rings. The Balaban J connectivity index is 1.62. The molecule has 0 aliphatic heterocycles. The summed E-state index contributed by atoms with van der Waals surface area (Å²) in [6.07, 6.45) is 0.579. The van der Waals surface area contributed by atoms with Gasteiger partial charge in [0.05, 0.1) is 12.8 Å². The second-order valence-electron chi connectivity index (χ2n) is 7.69.